The monoisotopic (exact) mass is 284 g/mol. The fourth-order valence-corrected chi connectivity index (χ4v) is 1.75. The van der Waals surface area contributed by atoms with Crippen molar-refractivity contribution < 1.29 is 18.7 Å². The van der Waals surface area contributed by atoms with Crippen LogP contribution in [0.2, 0.25) is 0 Å². The maximum atomic E-state index is 13.8. The molecule has 112 valence electrons. The van der Waals surface area contributed by atoms with Gasteiger partial charge in [0, 0.05) is 26.3 Å². The molecule has 6 heteroatoms. The second-order valence-corrected chi connectivity index (χ2v) is 4.52. The normalized spacial score (nSPS) is 13.6. The number of halogens is 1. The summed E-state index contributed by atoms with van der Waals surface area (Å²) in [6.45, 7) is 2.72. The number of benzene rings is 1. The maximum absolute atomic E-state index is 13.8. The van der Waals surface area contributed by atoms with Crippen molar-refractivity contribution in [3.63, 3.8) is 0 Å². The number of carbonyl (C=O) groups is 1. The molecule has 0 radical (unpaired) electrons. The highest BCUT2D eigenvalue weighted by Crippen LogP contribution is 2.26. The Hall–Kier alpha value is -1.66. The SMILES string of the molecule is COCCNC(=O)NC[C@](C)(OC)c1ccccc1F. The Morgan fingerprint density at radius 3 is 2.60 bits per heavy atom. The van der Waals surface area contributed by atoms with Crippen LogP contribution in [0, 0.1) is 5.82 Å². The van der Waals surface area contributed by atoms with E-state index in [4.69, 9.17) is 9.47 Å². The fraction of sp³-hybridized carbons (Fsp3) is 0.500. The Balaban J connectivity index is 2.62. The fourth-order valence-electron chi connectivity index (χ4n) is 1.75. The molecule has 0 bridgehead atoms. The topological polar surface area (TPSA) is 59.6 Å². The molecular formula is C14H21FN2O3. The van der Waals surface area contributed by atoms with Crippen LogP contribution < -0.4 is 10.6 Å². The first kappa shape index (κ1) is 16.4. The van der Waals surface area contributed by atoms with Crippen molar-refractivity contribution >= 4 is 6.03 Å². The maximum Gasteiger partial charge on any atom is 0.314 e. The molecule has 0 aliphatic heterocycles. The summed E-state index contributed by atoms with van der Waals surface area (Å²) >= 11 is 0. The third-order valence-electron chi connectivity index (χ3n) is 3.07. The summed E-state index contributed by atoms with van der Waals surface area (Å²) in [5.41, 5.74) is -0.524. The number of hydrogen-bond acceptors (Lipinski definition) is 3. The van der Waals surface area contributed by atoms with Crippen molar-refractivity contribution in [1.82, 2.24) is 10.6 Å². The minimum absolute atomic E-state index is 0.156. The van der Waals surface area contributed by atoms with E-state index in [9.17, 15) is 9.18 Å². The van der Waals surface area contributed by atoms with Crippen LogP contribution in [0.25, 0.3) is 0 Å². The highest BCUT2D eigenvalue weighted by Gasteiger charge is 2.29. The van der Waals surface area contributed by atoms with Gasteiger partial charge in [0.1, 0.15) is 11.4 Å². The van der Waals surface area contributed by atoms with Gasteiger partial charge in [0.15, 0.2) is 0 Å². The minimum atomic E-state index is -0.927. The third-order valence-corrected chi connectivity index (χ3v) is 3.07. The van der Waals surface area contributed by atoms with Gasteiger partial charge in [-0.25, -0.2) is 9.18 Å². The zero-order valence-electron chi connectivity index (χ0n) is 12.0. The van der Waals surface area contributed by atoms with Crippen molar-refractivity contribution in [3.05, 3.63) is 35.6 Å². The molecule has 0 spiro atoms. The lowest BCUT2D eigenvalue weighted by atomic mass is 9.95. The number of urea groups is 1. The first-order valence-corrected chi connectivity index (χ1v) is 6.34. The molecule has 20 heavy (non-hydrogen) atoms. The van der Waals surface area contributed by atoms with Crippen molar-refractivity contribution in [3.8, 4) is 0 Å². The van der Waals surface area contributed by atoms with Crippen LogP contribution in [0.3, 0.4) is 0 Å². The van der Waals surface area contributed by atoms with Gasteiger partial charge in [0.25, 0.3) is 0 Å². The van der Waals surface area contributed by atoms with Crippen molar-refractivity contribution in [2.24, 2.45) is 0 Å². The zero-order valence-corrected chi connectivity index (χ0v) is 12.0. The van der Waals surface area contributed by atoms with Crippen LogP contribution in [-0.2, 0) is 15.1 Å². The van der Waals surface area contributed by atoms with E-state index < -0.39 is 5.60 Å². The lowest BCUT2D eigenvalue weighted by Gasteiger charge is -2.29. The van der Waals surface area contributed by atoms with E-state index in [1.807, 2.05) is 0 Å². The average molecular weight is 284 g/mol. The van der Waals surface area contributed by atoms with E-state index in [0.29, 0.717) is 18.7 Å². The summed E-state index contributed by atoms with van der Waals surface area (Å²) in [5.74, 6) is -0.363. The summed E-state index contributed by atoms with van der Waals surface area (Å²) in [7, 11) is 3.04. The minimum Gasteiger partial charge on any atom is -0.383 e. The summed E-state index contributed by atoms with van der Waals surface area (Å²) in [6.07, 6.45) is 0. The van der Waals surface area contributed by atoms with Gasteiger partial charge in [-0.3, -0.25) is 0 Å². The van der Waals surface area contributed by atoms with Crippen LogP contribution in [0.5, 0.6) is 0 Å². The molecule has 1 aromatic rings. The van der Waals surface area contributed by atoms with Crippen molar-refractivity contribution in [2.45, 2.75) is 12.5 Å². The molecule has 0 heterocycles. The van der Waals surface area contributed by atoms with Gasteiger partial charge in [-0.2, -0.15) is 0 Å². The van der Waals surface area contributed by atoms with Crippen LogP contribution in [0.15, 0.2) is 24.3 Å². The summed E-state index contributed by atoms with van der Waals surface area (Å²) < 4.78 is 24.0. The van der Waals surface area contributed by atoms with Gasteiger partial charge in [-0.1, -0.05) is 18.2 Å². The zero-order chi connectivity index (χ0) is 15.0. The summed E-state index contributed by atoms with van der Waals surface area (Å²) in [6, 6.07) is 6.00. The van der Waals surface area contributed by atoms with Crippen LogP contribution >= 0.6 is 0 Å². The largest absolute Gasteiger partial charge is 0.383 e. The molecule has 0 unspecified atom stereocenters. The van der Waals surface area contributed by atoms with Crippen LogP contribution in [0.4, 0.5) is 9.18 Å². The number of methoxy groups -OCH3 is 2. The van der Waals surface area contributed by atoms with Crippen LogP contribution in [0.1, 0.15) is 12.5 Å². The molecule has 2 amide bonds. The van der Waals surface area contributed by atoms with E-state index in [1.54, 1.807) is 32.2 Å². The van der Waals surface area contributed by atoms with Gasteiger partial charge in [-0.05, 0) is 13.0 Å². The molecule has 1 atom stereocenters. The molecule has 0 fully saturated rings. The molecule has 1 rings (SSSR count). The molecule has 5 nitrogen and oxygen atoms in total. The molecule has 0 saturated carbocycles. The molecule has 0 aliphatic rings. The highest BCUT2D eigenvalue weighted by molar-refractivity contribution is 5.73. The van der Waals surface area contributed by atoms with E-state index in [-0.39, 0.29) is 18.4 Å². The predicted octanol–water partition coefficient (Wildman–Crippen LogP) is 1.63. The van der Waals surface area contributed by atoms with Crippen molar-refractivity contribution in [1.29, 1.82) is 0 Å². The lowest BCUT2D eigenvalue weighted by molar-refractivity contribution is 0.00201. The van der Waals surface area contributed by atoms with E-state index in [1.165, 1.54) is 13.2 Å². The molecule has 2 N–H and O–H groups in total. The first-order valence-electron chi connectivity index (χ1n) is 6.34. The Morgan fingerprint density at radius 2 is 2.00 bits per heavy atom. The molecule has 0 saturated heterocycles. The third kappa shape index (κ3) is 4.47. The second-order valence-electron chi connectivity index (χ2n) is 4.52. The van der Waals surface area contributed by atoms with Crippen LogP contribution in [-0.4, -0.2) is 39.9 Å². The lowest BCUT2D eigenvalue weighted by Crippen LogP contribution is -2.45. The standard InChI is InChI=1S/C14H21FN2O3/c1-14(20-3,11-6-4-5-7-12(11)15)10-17-13(18)16-8-9-19-2/h4-7H,8-10H2,1-3H3,(H2,16,17,18)/t14-/m0/s1. The van der Waals surface area contributed by atoms with E-state index in [0.717, 1.165) is 0 Å². The van der Waals surface area contributed by atoms with E-state index in [2.05, 4.69) is 10.6 Å². The Kier molecular flexibility index (Phi) is 6.41. The van der Waals surface area contributed by atoms with E-state index >= 15 is 0 Å². The summed E-state index contributed by atoms with van der Waals surface area (Å²) in [5, 5.41) is 5.28. The molecule has 0 aromatic heterocycles. The van der Waals surface area contributed by atoms with Gasteiger partial charge in [-0.15, -0.1) is 0 Å². The van der Waals surface area contributed by atoms with Gasteiger partial charge >= 0.3 is 6.03 Å². The predicted molar refractivity (Wildman–Crippen MR) is 74.0 cm³/mol. The van der Waals surface area contributed by atoms with Crippen molar-refractivity contribution in [2.75, 3.05) is 33.9 Å². The van der Waals surface area contributed by atoms with Gasteiger partial charge in [0.2, 0.25) is 0 Å². The number of rotatable bonds is 7. The molecular weight excluding hydrogens is 263 g/mol. The number of carbonyl (C=O) groups excluding carboxylic acids is 1. The molecule has 0 aliphatic carbocycles. The quantitative estimate of drug-likeness (QED) is 0.748. The average Bonchev–Trinajstić information content (AvgIpc) is 2.45. The number of amides is 2. The smallest absolute Gasteiger partial charge is 0.314 e. The number of ether oxygens (including phenoxy) is 2. The first-order chi connectivity index (χ1) is 9.53. The number of hydrogen-bond donors (Lipinski definition) is 2. The van der Waals surface area contributed by atoms with Gasteiger partial charge < -0.3 is 20.1 Å². The second kappa shape index (κ2) is 7.81. The molecule has 1 aromatic carbocycles. The Labute approximate surface area is 118 Å². The number of nitrogens with one attached hydrogen (secondary N) is 2. The summed E-state index contributed by atoms with van der Waals surface area (Å²) in [4.78, 5) is 11.6. The Morgan fingerprint density at radius 1 is 1.30 bits per heavy atom. The Bertz CT molecular complexity index is 442. The highest BCUT2D eigenvalue weighted by atomic mass is 19.1. The van der Waals surface area contributed by atoms with Gasteiger partial charge in [0.05, 0.1) is 13.2 Å².